The van der Waals surface area contributed by atoms with E-state index >= 15 is 0 Å². The minimum absolute atomic E-state index is 0.150. The van der Waals surface area contributed by atoms with Crippen LogP contribution in [0, 0.1) is 0 Å². The van der Waals surface area contributed by atoms with E-state index in [1.54, 1.807) is 12.2 Å². The molecule has 94 valence electrons. The fourth-order valence-electron chi connectivity index (χ4n) is 0.867. The number of nitrogens with zero attached hydrogens (tertiary/aromatic N) is 1. The lowest BCUT2D eigenvalue weighted by Crippen LogP contribution is -2.47. The highest BCUT2D eigenvalue weighted by atomic mass is 19.4. The van der Waals surface area contributed by atoms with E-state index < -0.39 is 24.7 Å². The van der Waals surface area contributed by atoms with Gasteiger partial charge in [-0.15, -0.1) is 0 Å². The summed E-state index contributed by atoms with van der Waals surface area (Å²) in [7, 11) is 1.38. The molecule has 3 amide bonds. The fourth-order valence-corrected chi connectivity index (χ4v) is 0.867. The smallest absolute Gasteiger partial charge is 0.358 e. The molecule has 0 aromatic heterocycles. The first kappa shape index (κ1) is 14.5. The minimum atomic E-state index is -4.46. The molecule has 0 aromatic rings. The molecule has 0 aromatic carbocycles. The van der Waals surface area contributed by atoms with Crippen molar-refractivity contribution in [2.75, 3.05) is 26.7 Å². The monoisotopic (exact) mass is 241 g/mol. The Morgan fingerprint density at radius 1 is 1.31 bits per heavy atom. The third kappa shape index (κ3) is 6.10. The maximum Gasteiger partial charge on any atom is 0.405 e. The zero-order chi connectivity index (χ0) is 12.8. The van der Waals surface area contributed by atoms with Gasteiger partial charge in [0.15, 0.2) is 0 Å². The predicted molar refractivity (Wildman–Crippen MR) is 50.8 cm³/mol. The number of carbonyl (C=O) groups excluding carboxylic acids is 2. The largest absolute Gasteiger partial charge is 0.405 e. The number of hydrogen-bond acceptors (Lipinski definition) is 2. The lowest BCUT2D eigenvalue weighted by molar-refractivity contribution is -0.123. The van der Waals surface area contributed by atoms with Crippen LogP contribution in [-0.2, 0) is 4.79 Å². The molecule has 0 aliphatic rings. The minimum Gasteiger partial charge on any atom is -0.358 e. The molecule has 0 fully saturated rings. The van der Waals surface area contributed by atoms with Crippen molar-refractivity contribution < 1.29 is 22.8 Å². The quantitative estimate of drug-likeness (QED) is 0.745. The van der Waals surface area contributed by atoms with Crippen LogP contribution in [0.1, 0.15) is 6.92 Å². The summed E-state index contributed by atoms with van der Waals surface area (Å²) in [5, 5.41) is 3.96. The van der Waals surface area contributed by atoms with Crippen LogP contribution in [-0.4, -0.2) is 49.7 Å². The van der Waals surface area contributed by atoms with E-state index in [2.05, 4.69) is 5.32 Å². The highest BCUT2D eigenvalue weighted by molar-refractivity contribution is 5.83. The third-order valence-corrected chi connectivity index (χ3v) is 1.72. The van der Waals surface area contributed by atoms with E-state index in [-0.39, 0.29) is 13.1 Å². The summed E-state index contributed by atoms with van der Waals surface area (Å²) in [5.74, 6) is -0.441. The Labute approximate surface area is 91.0 Å². The Morgan fingerprint density at radius 2 is 1.88 bits per heavy atom. The van der Waals surface area contributed by atoms with Crippen LogP contribution in [0.25, 0.3) is 0 Å². The van der Waals surface area contributed by atoms with Gasteiger partial charge in [0.05, 0.1) is 0 Å². The van der Waals surface area contributed by atoms with E-state index in [9.17, 15) is 22.8 Å². The number of halogens is 3. The Kier molecular flexibility index (Phi) is 5.62. The molecule has 0 spiro atoms. The molecule has 0 unspecified atom stereocenters. The van der Waals surface area contributed by atoms with Crippen LogP contribution >= 0.6 is 0 Å². The Balaban J connectivity index is 4.16. The summed E-state index contributed by atoms with van der Waals surface area (Å²) in [6, 6.07) is -0.913. The van der Waals surface area contributed by atoms with Gasteiger partial charge < -0.3 is 15.5 Å². The zero-order valence-electron chi connectivity index (χ0n) is 9.02. The average molecular weight is 241 g/mol. The van der Waals surface area contributed by atoms with Crippen molar-refractivity contribution in [3.63, 3.8) is 0 Å². The predicted octanol–water partition coefficient (Wildman–Crippen LogP) is 0.326. The summed E-state index contributed by atoms with van der Waals surface area (Å²) >= 11 is 0. The number of urea groups is 1. The lowest BCUT2D eigenvalue weighted by atomic mass is 10.5. The van der Waals surface area contributed by atoms with E-state index in [1.165, 1.54) is 7.05 Å². The van der Waals surface area contributed by atoms with Crippen molar-refractivity contribution in [2.45, 2.75) is 13.1 Å². The van der Waals surface area contributed by atoms with Crippen molar-refractivity contribution in [3.05, 3.63) is 0 Å². The first-order valence-corrected chi connectivity index (χ1v) is 4.60. The number of hydrogen-bond donors (Lipinski definition) is 2. The molecular weight excluding hydrogens is 227 g/mol. The van der Waals surface area contributed by atoms with Crippen LogP contribution in [0.4, 0.5) is 18.0 Å². The third-order valence-electron chi connectivity index (χ3n) is 1.72. The van der Waals surface area contributed by atoms with Crippen molar-refractivity contribution in [3.8, 4) is 0 Å². The maximum absolute atomic E-state index is 11.8. The van der Waals surface area contributed by atoms with E-state index in [0.717, 1.165) is 4.90 Å². The maximum atomic E-state index is 11.8. The summed E-state index contributed by atoms with van der Waals surface area (Å²) < 4.78 is 35.4. The van der Waals surface area contributed by atoms with Gasteiger partial charge in [0, 0.05) is 13.6 Å². The van der Waals surface area contributed by atoms with E-state index in [0.29, 0.717) is 0 Å². The Bertz CT molecular complexity index is 255. The summed E-state index contributed by atoms with van der Waals surface area (Å²) in [6.07, 6.45) is -4.46. The second-order valence-corrected chi connectivity index (χ2v) is 2.96. The first-order chi connectivity index (χ1) is 7.30. The molecule has 16 heavy (non-hydrogen) atoms. The standard InChI is InChI=1S/C8H14F3N3O2/c1-3-14(4-6(15)12-2)7(16)13-5-8(9,10)11/h3-5H2,1-2H3,(H,12,15)(H,13,16). The van der Waals surface area contributed by atoms with Crippen LogP contribution in [0.5, 0.6) is 0 Å². The fraction of sp³-hybridized carbons (Fsp3) is 0.750. The second kappa shape index (κ2) is 6.19. The van der Waals surface area contributed by atoms with Crippen molar-refractivity contribution in [1.29, 1.82) is 0 Å². The van der Waals surface area contributed by atoms with Gasteiger partial charge in [-0.25, -0.2) is 4.79 Å². The summed E-state index contributed by atoms with van der Waals surface area (Å²) in [4.78, 5) is 23.1. The first-order valence-electron chi connectivity index (χ1n) is 4.60. The number of carbonyl (C=O) groups is 2. The van der Waals surface area contributed by atoms with Crippen molar-refractivity contribution in [1.82, 2.24) is 15.5 Å². The van der Waals surface area contributed by atoms with E-state index in [4.69, 9.17) is 0 Å². The molecule has 0 aliphatic carbocycles. The molecule has 0 bridgehead atoms. The molecule has 0 radical (unpaired) electrons. The molecule has 0 heterocycles. The van der Waals surface area contributed by atoms with Crippen molar-refractivity contribution in [2.24, 2.45) is 0 Å². The molecule has 2 N–H and O–H groups in total. The number of likely N-dealkylation sites (N-methyl/N-ethyl adjacent to an activating group) is 2. The highest BCUT2D eigenvalue weighted by Gasteiger charge is 2.28. The van der Waals surface area contributed by atoms with Crippen LogP contribution in [0.2, 0.25) is 0 Å². The van der Waals surface area contributed by atoms with Crippen LogP contribution in [0.3, 0.4) is 0 Å². The molecule has 0 saturated heterocycles. The molecular formula is C8H14F3N3O2. The van der Waals surface area contributed by atoms with E-state index in [1.807, 2.05) is 0 Å². The van der Waals surface area contributed by atoms with Crippen LogP contribution in [0.15, 0.2) is 0 Å². The Morgan fingerprint density at radius 3 is 2.25 bits per heavy atom. The molecule has 8 heteroatoms. The van der Waals surface area contributed by atoms with Gasteiger partial charge in [-0.05, 0) is 6.92 Å². The average Bonchev–Trinajstić information content (AvgIpc) is 2.21. The Hall–Kier alpha value is -1.47. The van der Waals surface area contributed by atoms with Gasteiger partial charge >= 0.3 is 12.2 Å². The normalized spacial score (nSPS) is 10.8. The van der Waals surface area contributed by atoms with Crippen LogP contribution < -0.4 is 10.6 Å². The molecule has 0 saturated carbocycles. The van der Waals surface area contributed by atoms with Gasteiger partial charge in [-0.3, -0.25) is 4.79 Å². The SMILES string of the molecule is CCN(CC(=O)NC)C(=O)NCC(F)(F)F. The number of nitrogens with one attached hydrogen (secondary N) is 2. The number of amides is 3. The zero-order valence-corrected chi connectivity index (χ0v) is 9.02. The topological polar surface area (TPSA) is 61.4 Å². The molecule has 0 atom stereocenters. The molecule has 5 nitrogen and oxygen atoms in total. The van der Waals surface area contributed by atoms with Gasteiger partial charge in [0.2, 0.25) is 5.91 Å². The van der Waals surface area contributed by atoms with Crippen molar-refractivity contribution >= 4 is 11.9 Å². The number of alkyl halides is 3. The van der Waals surface area contributed by atoms with Gasteiger partial charge in [0.1, 0.15) is 13.1 Å². The highest BCUT2D eigenvalue weighted by Crippen LogP contribution is 2.12. The van der Waals surface area contributed by atoms with Gasteiger partial charge in [0.25, 0.3) is 0 Å². The number of rotatable bonds is 4. The molecule has 0 rings (SSSR count). The molecule has 0 aliphatic heterocycles. The summed E-state index contributed by atoms with van der Waals surface area (Å²) in [5.41, 5.74) is 0. The van der Waals surface area contributed by atoms with Gasteiger partial charge in [-0.1, -0.05) is 0 Å². The second-order valence-electron chi connectivity index (χ2n) is 2.96. The van der Waals surface area contributed by atoms with Gasteiger partial charge in [-0.2, -0.15) is 13.2 Å². The summed E-state index contributed by atoms with van der Waals surface area (Å²) in [6.45, 7) is 0.0417. The lowest BCUT2D eigenvalue weighted by Gasteiger charge is -2.20.